The van der Waals surface area contributed by atoms with Gasteiger partial charge in [-0.2, -0.15) is 0 Å². The summed E-state index contributed by atoms with van der Waals surface area (Å²) in [5, 5.41) is 5.03. The molecule has 2 aromatic rings. The van der Waals surface area contributed by atoms with E-state index in [2.05, 4.69) is 10.3 Å². The number of amides is 2. The summed E-state index contributed by atoms with van der Waals surface area (Å²) in [4.78, 5) is 19.5. The number of methoxy groups -OCH3 is 1. The summed E-state index contributed by atoms with van der Waals surface area (Å²) in [6.07, 6.45) is 3.49. The lowest BCUT2D eigenvalue weighted by Crippen LogP contribution is -2.42. The second kappa shape index (κ2) is 8.51. The number of pyridine rings is 1. The Balaban J connectivity index is 1.98. The molecule has 118 valence electrons. The third-order valence-electron chi connectivity index (χ3n) is 3.30. The van der Waals surface area contributed by atoms with E-state index >= 15 is 0 Å². The molecule has 0 aromatic carbocycles. The van der Waals surface area contributed by atoms with E-state index in [1.54, 1.807) is 35.7 Å². The van der Waals surface area contributed by atoms with Gasteiger partial charge in [-0.1, -0.05) is 12.1 Å². The highest BCUT2D eigenvalue weighted by Gasteiger charge is 2.17. The van der Waals surface area contributed by atoms with Crippen molar-refractivity contribution in [2.24, 2.45) is 0 Å². The maximum absolute atomic E-state index is 12.5. The van der Waals surface area contributed by atoms with Crippen molar-refractivity contribution >= 4 is 17.4 Å². The van der Waals surface area contributed by atoms with E-state index in [4.69, 9.17) is 4.74 Å². The number of hydrogen-bond donors (Lipinski definition) is 1. The Labute approximate surface area is 134 Å². The predicted octanol–water partition coefficient (Wildman–Crippen LogP) is 3.06. The van der Waals surface area contributed by atoms with E-state index in [0.29, 0.717) is 19.7 Å². The molecule has 2 rings (SSSR count). The first-order chi connectivity index (χ1) is 10.7. The van der Waals surface area contributed by atoms with Crippen molar-refractivity contribution in [3.8, 4) is 0 Å². The first-order valence-electron chi connectivity index (χ1n) is 7.17. The standard InChI is InChI=1S/C16H21N3O2S/c1-13(14-5-3-7-17-11-14)18-16(20)19(8-9-21-2)12-15-6-4-10-22-15/h3-7,10-11,13H,8-9,12H2,1-2H3,(H,18,20). The molecule has 2 heterocycles. The Hall–Kier alpha value is -1.92. The summed E-state index contributed by atoms with van der Waals surface area (Å²) in [6, 6.07) is 7.66. The highest BCUT2D eigenvalue weighted by Crippen LogP contribution is 2.14. The molecule has 0 saturated carbocycles. The highest BCUT2D eigenvalue weighted by atomic mass is 32.1. The van der Waals surface area contributed by atoms with Gasteiger partial charge < -0.3 is 15.0 Å². The van der Waals surface area contributed by atoms with Gasteiger partial charge in [-0.05, 0) is 30.0 Å². The van der Waals surface area contributed by atoms with Crippen molar-refractivity contribution in [2.75, 3.05) is 20.3 Å². The quantitative estimate of drug-likeness (QED) is 0.853. The van der Waals surface area contributed by atoms with Crippen LogP contribution in [-0.2, 0) is 11.3 Å². The van der Waals surface area contributed by atoms with Gasteiger partial charge in [-0.15, -0.1) is 11.3 Å². The molecule has 0 spiro atoms. The van der Waals surface area contributed by atoms with E-state index < -0.39 is 0 Å². The van der Waals surface area contributed by atoms with Crippen LogP contribution in [0.2, 0.25) is 0 Å². The number of carbonyl (C=O) groups excluding carboxylic acids is 1. The number of nitrogens with one attached hydrogen (secondary N) is 1. The fourth-order valence-corrected chi connectivity index (χ4v) is 2.76. The normalized spacial score (nSPS) is 11.9. The number of ether oxygens (including phenoxy) is 1. The smallest absolute Gasteiger partial charge is 0.318 e. The Morgan fingerprint density at radius 1 is 1.45 bits per heavy atom. The molecule has 1 unspecified atom stereocenters. The Bertz CT molecular complexity index is 560. The van der Waals surface area contributed by atoms with Gasteiger partial charge in [0.1, 0.15) is 0 Å². The monoisotopic (exact) mass is 319 g/mol. The van der Waals surface area contributed by atoms with E-state index in [-0.39, 0.29) is 12.1 Å². The largest absolute Gasteiger partial charge is 0.383 e. The Kier molecular flexibility index (Phi) is 6.36. The minimum Gasteiger partial charge on any atom is -0.383 e. The lowest BCUT2D eigenvalue weighted by molar-refractivity contribution is 0.145. The van der Waals surface area contributed by atoms with Gasteiger partial charge in [0.15, 0.2) is 0 Å². The molecule has 2 amide bonds. The van der Waals surface area contributed by atoms with Gasteiger partial charge in [-0.25, -0.2) is 4.79 Å². The first-order valence-corrected chi connectivity index (χ1v) is 8.05. The molecule has 0 fully saturated rings. The summed E-state index contributed by atoms with van der Waals surface area (Å²) in [5.41, 5.74) is 0.985. The third-order valence-corrected chi connectivity index (χ3v) is 4.16. The number of rotatable bonds is 7. The van der Waals surface area contributed by atoms with Gasteiger partial charge in [0, 0.05) is 30.9 Å². The zero-order chi connectivity index (χ0) is 15.8. The molecule has 0 aliphatic heterocycles. The van der Waals surface area contributed by atoms with E-state index in [9.17, 15) is 4.79 Å². The summed E-state index contributed by atoms with van der Waals surface area (Å²) in [5.74, 6) is 0. The van der Waals surface area contributed by atoms with Crippen LogP contribution < -0.4 is 5.32 Å². The molecule has 1 N–H and O–H groups in total. The van der Waals surface area contributed by atoms with Gasteiger partial charge in [-0.3, -0.25) is 4.98 Å². The van der Waals surface area contributed by atoms with Crippen molar-refractivity contribution in [3.63, 3.8) is 0 Å². The van der Waals surface area contributed by atoms with Crippen molar-refractivity contribution < 1.29 is 9.53 Å². The first kappa shape index (κ1) is 16.5. The lowest BCUT2D eigenvalue weighted by atomic mass is 10.1. The second-order valence-corrected chi connectivity index (χ2v) is 5.98. The summed E-state index contributed by atoms with van der Waals surface area (Å²) in [6.45, 7) is 3.61. The SMILES string of the molecule is COCCN(Cc1cccs1)C(=O)NC(C)c1cccnc1. The Morgan fingerprint density at radius 2 is 2.32 bits per heavy atom. The highest BCUT2D eigenvalue weighted by molar-refractivity contribution is 7.09. The molecule has 0 bridgehead atoms. The van der Waals surface area contributed by atoms with Crippen molar-refractivity contribution in [3.05, 3.63) is 52.5 Å². The van der Waals surface area contributed by atoms with E-state index in [0.717, 1.165) is 10.4 Å². The molecule has 1 atom stereocenters. The molecule has 6 heteroatoms. The fraction of sp³-hybridized carbons (Fsp3) is 0.375. The van der Waals surface area contributed by atoms with Crippen LogP contribution in [0.15, 0.2) is 42.0 Å². The molecule has 0 aliphatic carbocycles. The molecule has 0 aliphatic rings. The molecule has 0 radical (unpaired) electrons. The van der Waals surface area contributed by atoms with Crippen LogP contribution in [0.1, 0.15) is 23.4 Å². The maximum Gasteiger partial charge on any atom is 0.318 e. The third kappa shape index (κ3) is 4.82. The molecular formula is C16H21N3O2S. The van der Waals surface area contributed by atoms with Gasteiger partial charge >= 0.3 is 6.03 Å². The minimum absolute atomic E-state index is 0.0884. The van der Waals surface area contributed by atoms with E-state index in [1.165, 1.54) is 0 Å². The number of carbonyl (C=O) groups is 1. The van der Waals surface area contributed by atoms with Crippen LogP contribution in [-0.4, -0.2) is 36.2 Å². The predicted molar refractivity (Wildman–Crippen MR) is 87.8 cm³/mol. The number of thiophene rings is 1. The fourth-order valence-electron chi connectivity index (χ4n) is 2.04. The molecule has 22 heavy (non-hydrogen) atoms. The zero-order valence-corrected chi connectivity index (χ0v) is 13.7. The van der Waals surface area contributed by atoms with Crippen molar-refractivity contribution in [1.82, 2.24) is 15.2 Å². The molecule has 2 aromatic heterocycles. The summed E-state index contributed by atoms with van der Waals surface area (Å²) >= 11 is 1.64. The molecule has 0 saturated heterocycles. The average molecular weight is 319 g/mol. The van der Waals surface area contributed by atoms with Crippen LogP contribution in [0.25, 0.3) is 0 Å². The lowest BCUT2D eigenvalue weighted by Gasteiger charge is -2.24. The summed E-state index contributed by atoms with van der Waals surface area (Å²) in [7, 11) is 1.64. The van der Waals surface area contributed by atoms with Crippen molar-refractivity contribution in [1.29, 1.82) is 0 Å². The van der Waals surface area contributed by atoms with Crippen LogP contribution in [0, 0.1) is 0 Å². The zero-order valence-electron chi connectivity index (χ0n) is 12.9. The van der Waals surface area contributed by atoms with Crippen LogP contribution in [0.5, 0.6) is 0 Å². The minimum atomic E-state index is -0.0956. The van der Waals surface area contributed by atoms with Crippen LogP contribution in [0.3, 0.4) is 0 Å². The van der Waals surface area contributed by atoms with Crippen LogP contribution in [0.4, 0.5) is 4.79 Å². The van der Waals surface area contributed by atoms with E-state index in [1.807, 2.05) is 36.6 Å². The molecule has 5 nitrogen and oxygen atoms in total. The number of hydrogen-bond acceptors (Lipinski definition) is 4. The average Bonchev–Trinajstić information content (AvgIpc) is 3.05. The van der Waals surface area contributed by atoms with Gasteiger partial charge in [0.2, 0.25) is 0 Å². The number of urea groups is 1. The number of aromatic nitrogens is 1. The summed E-state index contributed by atoms with van der Waals surface area (Å²) < 4.78 is 5.10. The van der Waals surface area contributed by atoms with Crippen molar-refractivity contribution in [2.45, 2.75) is 19.5 Å². The topological polar surface area (TPSA) is 54.5 Å². The van der Waals surface area contributed by atoms with Gasteiger partial charge in [0.25, 0.3) is 0 Å². The number of nitrogens with zero attached hydrogens (tertiary/aromatic N) is 2. The van der Waals surface area contributed by atoms with Gasteiger partial charge in [0.05, 0.1) is 19.2 Å². The second-order valence-electron chi connectivity index (χ2n) is 4.95. The molecular weight excluding hydrogens is 298 g/mol. The van der Waals surface area contributed by atoms with Crippen LogP contribution >= 0.6 is 11.3 Å². The maximum atomic E-state index is 12.5. The Morgan fingerprint density at radius 3 is 2.95 bits per heavy atom.